The molecule has 0 unspecified atom stereocenters. The summed E-state index contributed by atoms with van der Waals surface area (Å²) in [5.74, 6) is 0.874. The number of non-ortho nitro benzene ring substituents is 1. The van der Waals surface area contributed by atoms with Gasteiger partial charge in [0, 0.05) is 42.4 Å². The number of hydrogen-bond acceptors (Lipinski definition) is 7. The summed E-state index contributed by atoms with van der Waals surface area (Å²) in [6.45, 7) is 0.258. The predicted octanol–water partition coefficient (Wildman–Crippen LogP) is 3.25. The topological polar surface area (TPSA) is 126 Å². The van der Waals surface area contributed by atoms with Gasteiger partial charge in [-0.25, -0.2) is 4.68 Å². The average Bonchev–Trinajstić information content (AvgIpc) is 2.80. The number of aryl methyl sites for hydroxylation is 1. The number of ether oxygens (including phenoxy) is 2. The van der Waals surface area contributed by atoms with E-state index in [-0.39, 0.29) is 30.1 Å². The summed E-state index contributed by atoms with van der Waals surface area (Å²) >= 11 is 0. The van der Waals surface area contributed by atoms with Crippen molar-refractivity contribution in [3.63, 3.8) is 0 Å². The molecule has 3 rings (SSSR count). The smallest absolute Gasteiger partial charge is 0.269 e. The second-order valence-electron chi connectivity index (χ2n) is 6.81. The molecule has 0 fully saturated rings. The number of methoxy groups -OCH3 is 2. The Morgan fingerprint density at radius 3 is 2.44 bits per heavy atom. The third-order valence-corrected chi connectivity index (χ3v) is 4.68. The van der Waals surface area contributed by atoms with Gasteiger partial charge in [-0.1, -0.05) is 0 Å². The largest absolute Gasteiger partial charge is 0.493 e. The van der Waals surface area contributed by atoms with Crippen LogP contribution in [0.4, 0.5) is 11.4 Å². The molecule has 0 aliphatic carbocycles. The van der Waals surface area contributed by atoms with E-state index in [0.717, 1.165) is 5.56 Å². The van der Waals surface area contributed by atoms with E-state index in [0.29, 0.717) is 29.3 Å². The minimum absolute atomic E-state index is 0.0530. The van der Waals surface area contributed by atoms with Gasteiger partial charge in [0.05, 0.1) is 24.8 Å². The number of carbonyl (C=O) groups excluding carboxylic acids is 1. The zero-order valence-electron chi connectivity index (χ0n) is 17.6. The quantitative estimate of drug-likeness (QED) is 0.401. The molecule has 0 spiro atoms. The van der Waals surface area contributed by atoms with Crippen molar-refractivity contribution < 1.29 is 19.2 Å². The van der Waals surface area contributed by atoms with Gasteiger partial charge in [0.1, 0.15) is 0 Å². The Hall–Kier alpha value is -4.21. The van der Waals surface area contributed by atoms with Crippen LogP contribution in [0.5, 0.6) is 11.5 Å². The first-order valence-corrected chi connectivity index (χ1v) is 9.76. The number of nitrogens with one attached hydrogen (secondary N) is 1. The fraction of sp³-hybridized carbons (Fsp3) is 0.227. The van der Waals surface area contributed by atoms with Gasteiger partial charge < -0.3 is 14.8 Å². The Morgan fingerprint density at radius 2 is 1.78 bits per heavy atom. The van der Waals surface area contributed by atoms with Gasteiger partial charge in [0.15, 0.2) is 11.5 Å². The van der Waals surface area contributed by atoms with Gasteiger partial charge in [0.2, 0.25) is 5.91 Å². The normalized spacial score (nSPS) is 10.4. The van der Waals surface area contributed by atoms with Crippen LogP contribution < -0.4 is 20.3 Å². The molecule has 0 saturated carbocycles. The van der Waals surface area contributed by atoms with E-state index in [9.17, 15) is 19.7 Å². The highest BCUT2D eigenvalue weighted by atomic mass is 16.6. The summed E-state index contributed by atoms with van der Waals surface area (Å²) in [6, 6.07) is 14.0. The predicted molar refractivity (Wildman–Crippen MR) is 118 cm³/mol. The number of amides is 1. The molecule has 1 N–H and O–H groups in total. The molecule has 3 aromatic rings. The Balaban J connectivity index is 1.62. The van der Waals surface area contributed by atoms with Crippen molar-refractivity contribution in [2.24, 2.45) is 0 Å². The molecule has 0 radical (unpaired) electrons. The lowest BCUT2D eigenvalue weighted by Gasteiger charge is -2.11. The van der Waals surface area contributed by atoms with Crippen molar-refractivity contribution in [1.82, 2.24) is 9.78 Å². The molecule has 166 valence electrons. The Bertz CT molecular complexity index is 1170. The van der Waals surface area contributed by atoms with Gasteiger partial charge in [-0.3, -0.25) is 19.7 Å². The van der Waals surface area contributed by atoms with Crippen molar-refractivity contribution in [3.8, 4) is 22.8 Å². The lowest BCUT2D eigenvalue weighted by Crippen LogP contribution is -2.23. The van der Waals surface area contributed by atoms with Crippen LogP contribution in [-0.4, -0.2) is 34.8 Å². The maximum Gasteiger partial charge on any atom is 0.269 e. The van der Waals surface area contributed by atoms with E-state index in [2.05, 4.69) is 10.4 Å². The molecule has 2 aromatic carbocycles. The number of benzene rings is 2. The molecule has 0 bridgehead atoms. The highest BCUT2D eigenvalue weighted by molar-refractivity contribution is 5.90. The molecule has 0 atom stereocenters. The van der Waals surface area contributed by atoms with Gasteiger partial charge in [-0.2, -0.15) is 5.10 Å². The minimum Gasteiger partial charge on any atom is -0.493 e. The third-order valence-electron chi connectivity index (χ3n) is 4.68. The lowest BCUT2D eigenvalue weighted by molar-refractivity contribution is -0.384. The molecule has 32 heavy (non-hydrogen) atoms. The van der Waals surface area contributed by atoms with E-state index in [1.54, 1.807) is 25.3 Å². The van der Waals surface area contributed by atoms with Crippen LogP contribution >= 0.6 is 0 Å². The van der Waals surface area contributed by atoms with Crippen molar-refractivity contribution in [2.45, 2.75) is 19.4 Å². The van der Waals surface area contributed by atoms with Gasteiger partial charge in [-0.15, -0.1) is 0 Å². The first-order chi connectivity index (χ1) is 15.4. The Morgan fingerprint density at radius 1 is 1.06 bits per heavy atom. The molecule has 0 aliphatic heterocycles. The van der Waals surface area contributed by atoms with Crippen molar-refractivity contribution in [2.75, 3.05) is 19.5 Å². The number of carbonyl (C=O) groups is 1. The first-order valence-electron chi connectivity index (χ1n) is 9.76. The lowest BCUT2D eigenvalue weighted by atomic mass is 10.1. The highest BCUT2D eigenvalue weighted by Gasteiger charge is 2.10. The molecule has 0 aliphatic rings. The van der Waals surface area contributed by atoms with E-state index in [4.69, 9.17) is 9.47 Å². The summed E-state index contributed by atoms with van der Waals surface area (Å²) in [6.07, 6.45) is 0.548. The van der Waals surface area contributed by atoms with Crippen molar-refractivity contribution in [1.29, 1.82) is 0 Å². The van der Waals surface area contributed by atoms with E-state index in [1.807, 2.05) is 6.07 Å². The van der Waals surface area contributed by atoms with Crippen molar-refractivity contribution in [3.05, 3.63) is 75.1 Å². The number of rotatable bonds is 9. The van der Waals surface area contributed by atoms with Crippen LogP contribution in [0.1, 0.15) is 12.8 Å². The Kier molecular flexibility index (Phi) is 7.17. The maximum atomic E-state index is 12.2. The van der Waals surface area contributed by atoms with E-state index in [1.165, 1.54) is 42.1 Å². The van der Waals surface area contributed by atoms with Crippen LogP contribution in [0.3, 0.4) is 0 Å². The number of hydrogen-bond donors (Lipinski definition) is 1. The number of nitro groups is 1. The summed E-state index contributed by atoms with van der Waals surface area (Å²) < 4.78 is 11.9. The zero-order valence-corrected chi connectivity index (χ0v) is 17.6. The molecule has 10 heteroatoms. The zero-order chi connectivity index (χ0) is 23.1. The van der Waals surface area contributed by atoms with E-state index < -0.39 is 4.92 Å². The average molecular weight is 438 g/mol. The van der Waals surface area contributed by atoms with Gasteiger partial charge in [-0.05, 0) is 42.8 Å². The van der Waals surface area contributed by atoms with Gasteiger partial charge in [0.25, 0.3) is 11.2 Å². The van der Waals surface area contributed by atoms with Crippen LogP contribution in [0.2, 0.25) is 0 Å². The number of aromatic nitrogens is 2. The number of nitro benzene ring substituents is 1. The molecule has 1 heterocycles. The summed E-state index contributed by atoms with van der Waals surface area (Å²) in [5, 5.41) is 17.8. The van der Waals surface area contributed by atoms with Crippen LogP contribution in [0.15, 0.2) is 59.4 Å². The molecule has 1 aromatic heterocycles. The molecule has 1 amide bonds. The highest BCUT2D eigenvalue weighted by Crippen LogP contribution is 2.31. The summed E-state index contributed by atoms with van der Waals surface area (Å²) in [4.78, 5) is 34.5. The fourth-order valence-electron chi connectivity index (χ4n) is 3.04. The Labute approximate surface area is 183 Å². The van der Waals surface area contributed by atoms with Crippen LogP contribution in [-0.2, 0) is 11.3 Å². The molecule has 10 nitrogen and oxygen atoms in total. The summed E-state index contributed by atoms with van der Waals surface area (Å²) in [5.41, 5.74) is 1.48. The third kappa shape index (κ3) is 5.48. The SMILES string of the molecule is COc1ccc(-c2ccc(=O)n(CCCC(=O)Nc3ccc([N+](=O)[O-])cc3)n2)cc1OC. The molecular formula is C22H22N4O6. The van der Waals surface area contributed by atoms with Crippen LogP contribution in [0.25, 0.3) is 11.3 Å². The number of anilines is 1. The van der Waals surface area contributed by atoms with E-state index >= 15 is 0 Å². The maximum absolute atomic E-state index is 12.2. The molecular weight excluding hydrogens is 416 g/mol. The first kappa shape index (κ1) is 22.5. The van der Waals surface area contributed by atoms with Crippen LogP contribution in [0, 0.1) is 10.1 Å². The standard InChI is InChI=1S/C22H22N4O6/c1-31-19-11-5-15(14-20(19)32-2)18-10-12-22(28)25(24-18)13-3-4-21(27)23-16-6-8-17(9-7-16)26(29)30/h5-12,14H,3-4,13H2,1-2H3,(H,23,27). The number of nitrogens with zero attached hydrogens (tertiary/aromatic N) is 3. The minimum atomic E-state index is -0.507. The monoisotopic (exact) mass is 438 g/mol. The molecule has 0 saturated heterocycles. The van der Waals surface area contributed by atoms with Gasteiger partial charge >= 0.3 is 0 Å². The summed E-state index contributed by atoms with van der Waals surface area (Å²) in [7, 11) is 3.09. The fourth-order valence-corrected chi connectivity index (χ4v) is 3.04. The second-order valence-corrected chi connectivity index (χ2v) is 6.81. The second kappa shape index (κ2) is 10.2. The van der Waals surface area contributed by atoms with Crippen molar-refractivity contribution >= 4 is 17.3 Å².